The van der Waals surface area contributed by atoms with Gasteiger partial charge in [-0.3, -0.25) is 14.6 Å². The third-order valence-electron chi connectivity index (χ3n) is 4.74. The van der Waals surface area contributed by atoms with Crippen molar-refractivity contribution in [3.63, 3.8) is 0 Å². The Hall–Kier alpha value is -2.22. The van der Waals surface area contributed by atoms with Crippen LogP contribution in [0.4, 0.5) is 5.82 Å². The smallest absolute Gasteiger partial charge is 0.273 e. The monoisotopic (exact) mass is 347 g/mol. The standard InChI is InChI=1S/C17H25N5O3/c1-20(2)17(24)14-11-18-12-15(19-14)21-5-3-13(4-6-21)16(23)22-7-9-25-10-8-22/h11-13H,3-10H2,1-2H3. The van der Waals surface area contributed by atoms with Crippen molar-refractivity contribution in [2.24, 2.45) is 5.92 Å². The molecule has 8 heteroatoms. The molecule has 2 aliphatic heterocycles. The topological polar surface area (TPSA) is 78.9 Å². The van der Waals surface area contributed by atoms with Crippen molar-refractivity contribution in [2.45, 2.75) is 12.8 Å². The number of hydrogen-bond donors (Lipinski definition) is 0. The van der Waals surface area contributed by atoms with Crippen LogP contribution in [0, 0.1) is 5.92 Å². The number of piperidine rings is 1. The summed E-state index contributed by atoms with van der Waals surface area (Å²) in [6, 6.07) is 0. The summed E-state index contributed by atoms with van der Waals surface area (Å²) in [6.45, 7) is 4.14. The van der Waals surface area contributed by atoms with E-state index >= 15 is 0 Å². The van der Waals surface area contributed by atoms with E-state index in [0.29, 0.717) is 37.8 Å². The Morgan fingerprint density at radius 2 is 1.80 bits per heavy atom. The van der Waals surface area contributed by atoms with Crippen LogP contribution in [-0.2, 0) is 9.53 Å². The molecule has 2 aliphatic rings. The highest BCUT2D eigenvalue weighted by Gasteiger charge is 2.30. The summed E-state index contributed by atoms with van der Waals surface area (Å²) in [4.78, 5) is 38.7. The first-order valence-electron chi connectivity index (χ1n) is 8.71. The summed E-state index contributed by atoms with van der Waals surface area (Å²) in [5.74, 6) is 0.844. The van der Waals surface area contributed by atoms with Gasteiger partial charge in [0, 0.05) is 46.2 Å². The van der Waals surface area contributed by atoms with Crippen LogP contribution in [0.3, 0.4) is 0 Å². The molecule has 3 rings (SSSR count). The summed E-state index contributed by atoms with van der Waals surface area (Å²) in [5.41, 5.74) is 0.342. The third-order valence-corrected chi connectivity index (χ3v) is 4.74. The highest BCUT2D eigenvalue weighted by molar-refractivity contribution is 5.91. The second kappa shape index (κ2) is 7.77. The second-order valence-electron chi connectivity index (χ2n) is 6.66. The molecule has 0 atom stereocenters. The zero-order valence-electron chi connectivity index (χ0n) is 14.8. The van der Waals surface area contributed by atoms with E-state index in [0.717, 1.165) is 25.9 Å². The first kappa shape index (κ1) is 17.6. The van der Waals surface area contributed by atoms with Gasteiger partial charge in [0.2, 0.25) is 5.91 Å². The average molecular weight is 347 g/mol. The Morgan fingerprint density at radius 3 is 2.44 bits per heavy atom. The molecule has 0 spiro atoms. The highest BCUT2D eigenvalue weighted by atomic mass is 16.5. The maximum absolute atomic E-state index is 12.6. The highest BCUT2D eigenvalue weighted by Crippen LogP contribution is 2.23. The summed E-state index contributed by atoms with van der Waals surface area (Å²) >= 11 is 0. The minimum atomic E-state index is -0.160. The van der Waals surface area contributed by atoms with Crippen molar-refractivity contribution >= 4 is 17.6 Å². The van der Waals surface area contributed by atoms with Crippen LogP contribution >= 0.6 is 0 Å². The Labute approximate surface area is 147 Å². The van der Waals surface area contributed by atoms with Crippen LogP contribution in [-0.4, -0.2) is 85.1 Å². The Morgan fingerprint density at radius 1 is 1.12 bits per heavy atom. The first-order valence-corrected chi connectivity index (χ1v) is 8.71. The van der Waals surface area contributed by atoms with Crippen LogP contribution < -0.4 is 4.90 Å². The van der Waals surface area contributed by atoms with Gasteiger partial charge in [-0.05, 0) is 12.8 Å². The van der Waals surface area contributed by atoms with Crippen LogP contribution in [0.2, 0.25) is 0 Å². The van der Waals surface area contributed by atoms with Crippen LogP contribution in [0.5, 0.6) is 0 Å². The number of ether oxygens (including phenoxy) is 1. The molecule has 2 amide bonds. The third kappa shape index (κ3) is 4.07. The Balaban J connectivity index is 1.59. The number of anilines is 1. The molecule has 0 N–H and O–H groups in total. The van der Waals surface area contributed by atoms with E-state index < -0.39 is 0 Å². The minimum absolute atomic E-state index is 0.0638. The van der Waals surface area contributed by atoms with Crippen LogP contribution in [0.1, 0.15) is 23.3 Å². The van der Waals surface area contributed by atoms with E-state index in [-0.39, 0.29) is 17.7 Å². The van der Waals surface area contributed by atoms with Crippen molar-refractivity contribution < 1.29 is 14.3 Å². The SMILES string of the molecule is CN(C)C(=O)c1cncc(N2CCC(C(=O)N3CCOCC3)CC2)n1. The van der Waals surface area contributed by atoms with E-state index in [1.807, 2.05) is 4.90 Å². The molecule has 0 aromatic carbocycles. The molecular formula is C17H25N5O3. The van der Waals surface area contributed by atoms with Crippen molar-refractivity contribution in [1.82, 2.24) is 19.8 Å². The average Bonchev–Trinajstić information content (AvgIpc) is 2.67. The number of rotatable bonds is 3. The predicted octanol–water partition coefficient (Wildman–Crippen LogP) is 0.254. The lowest BCUT2D eigenvalue weighted by Crippen LogP contribution is -2.47. The molecule has 0 bridgehead atoms. The molecule has 8 nitrogen and oxygen atoms in total. The van der Waals surface area contributed by atoms with Crippen molar-refractivity contribution in [3.05, 3.63) is 18.1 Å². The Bertz CT molecular complexity index is 622. The molecule has 2 saturated heterocycles. The maximum Gasteiger partial charge on any atom is 0.273 e. The lowest BCUT2D eigenvalue weighted by molar-refractivity contribution is -0.140. The molecule has 25 heavy (non-hydrogen) atoms. The van der Waals surface area contributed by atoms with Crippen LogP contribution in [0.25, 0.3) is 0 Å². The van der Waals surface area contributed by atoms with Gasteiger partial charge in [0.05, 0.1) is 25.6 Å². The number of nitrogens with zero attached hydrogens (tertiary/aromatic N) is 5. The fourth-order valence-corrected chi connectivity index (χ4v) is 3.24. The molecule has 1 aromatic rings. The molecule has 0 radical (unpaired) electrons. The van der Waals surface area contributed by atoms with Gasteiger partial charge >= 0.3 is 0 Å². The van der Waals surface area contributed by atoms with E-state index in [1.165, 1.54) is 11.1 Å². The fourth-order valence-electron chi connectivity index (χ4n) is 3.24. The van der Waals surface area contributed by atoms with E-state index in [1.54, 1.807) is 20.3 Å². The number of hydrogen-bond acceptors (Lipinski definition) is 6. The number of carbonyl (C=O) groups is 2. The fraction of sp³-hybridized carbons (Fsp3) is 0.647. The largest absolute Gasteiger partial charge is 0.378 e. The molecule has 1 aromatic heterocycles. The summed E-state index contributed by atoms with van der Waals surface area (Å²) in [6.07, 6.45) is 4.75. The van der Waals surface area contributed by atoms with E-state index in [4.69, 9.17) is 4.74 Å². The summed E-state index contributed by atoms with van der Waals surface area (Å²) in [5, 5.41) is 0. The molecule has 0 unspecified atom stereocenters. The lowest BCUT2D eigenvalue weighted by Gasteiger charge is -2.35. The molecule has 136 valence electrons. The van der Waals surface area contributed by atoms with E-state index in [2.05, 4.69) is 14.9 Å². The summed E-state index contributed by atoms with van der Waals surface area (Å²) in [7, 11) is 3.39. The molecule has 2 fully saturated rings. The van der Waals surface area contributed by atoms with Gasteiger partial charge in [0.1, 0.15) is 11.5 Å². The van der Waals surface area contributed by atoms with Gasteiger partial charge < -0.3 is 19.4 Å². The molecule has 3 heterocycles. The van der Waals surface area contributed by atoms with Crippen LogP contribution in [0.15, 0.2) is 12.4 Å². The van der Waals surface area contributed by atoms with Gasteiger partial charge in [0.15, 0.2) is 0 Å². The number of amides is 2. The number of aromatic nitrogens is 2. The second-order valence-corrected chi connectivity index (χ2v) is 6.66. The minimum Gasteiger partial charge on any atom is -0.378 e. The normalized spacial score (nSPS) is 19.0. The van der Waals surface area contributed by atoms with Gasteiger partial charge in [-0.25, -0.2) is 4.98 Å². The van der Waals surface area contributed by atoms with Gasteiger partial charge in [0.25, 0.3) is 5.91 Å². The van der Waals surface area contributed by atoms with Gasteiger partial charge in [-0.15, -0.1) is 0 Å². The van der Waals surface area contributed by atoms with Crippen molar-refractivity contribution in [2.75, 3.05) is 58.4 Å². The number of carbonyl (C=O) groups excluding carboxylic acids is 2. The molecular weight excluding hydrogens is 322 g/mol. The maximum atomic E-state index is 12.6. The summed E-state index contributed by atoms with van der Waals surface area (Å²) < 4.78 is 5.31. The lowest BCUT2D eigenvalue weighted by atomic mass is 9.95. The molecule has 0 aliphatic carbocycles. The first-order chi connectivity index (χ1) is 12.1. The predicted molar refractivity (Wildman–Crippen MR) is 92.4 cm³/mol. The van der Waals surface area contributed by atoms with Crippen molar-refractivity contribution in [3.8, 4) is 0 Å². The van der Waals surface area contributed by atoms with Crippen molar-refractivity contribution in [1.29, 1.82) is 0 Å². The van der Waals surface area contributed by atoms with E-state index in [9.17, 15) is 9.59 Å². The molecule has 0 saturated carbocycles. The number of morpholine rings is 1. The van der Waals surface area contributed by atoms with Gasteiger partial charge in [-0.2, -0.15) is 0 Å². The quantitative estimate of drug-likeness (QED) is 0.780. The Kier molecular flexibility index (Phi) is 5.47. The van der Waals surface area contributed by atoms with Gasteiger partial charge in [-0.1, -0.05) is 0 Å². The zero-order valence-corrected chi connectivity index (χ0v) is 14.8. The zero-order chi connectivity index (χ0) is 17.8.